The van der Waals surface area contributed by atoms with Gasteiger partial charge in [0, 0.05) is 10.6 Å². The third-order valence-electron chi connectivity index (χ3n) is 2.33. The van der Waals surface area contributed by atoms with Crippen LogP contribution in [-0.2, 0) is 10.0 Å². The molecule has 2 rings (SSSR count). The van der Waals surface area contributed by atoms with Crippen LogP contribution in [0.25, 0.3) is 0 Å². The lowest BCUT2D eigenvalue weighted by atomic mass is 10.3. The minimum atomic E-state index is -3.79. The summed E-state index contributed by atoms with van der Waals surface area (Å²) in [4.78, 5) is -0.0657. The first-order valence-corrected chi connectivity index (χ1v) is 6.84. The lowest BCUT2D eigenvalue weighted by molar-refractivity contribution is 0.601. The van der Waals surface area contributed by atoms with Crippen molar-refractivity contribution >= 4 is 33.1 Å². The van der Waals surface area contributed by atoms with Crippen LogP contribution in [0.4, 0.5) is 11.5 Å². The Morgan fingerprint density at radius 2 is 2.17 bits per heavy atom. The highest BCUT2D eigenvalue weighted by Crippen LogP contribution is 2.25. The van der Waals surface area contributed by atoms with Crippen molar-refractivity contribution in [2.75, 3.05) is 10.5 Å². The van der Waals surface area contributed by atoms with Gasteiger partial charge in [0.2, 0.25) is 0 Å². The predicted molar refractivity (Wildman–Crippen MR) is 70.0 cm³/mol. The number of hydrogen-bond acceptors (Lipinski definition) is 4. The Labute approximate surface area is 109 Å². The molecule has 0 fully saturated rings. The number of aryl methyl sites for hydroxylation is 1. The average molecular weight is 287 g/mol. The number of aromatic amines is 1. The number of aromatic nitrogens is 2. The SMILES string of the molecule is Cc1cn[nH]c1NS(=O)(=O)c1cc(Cl)ccc1N. The fourth-order valence-corrected chi connectivity index (χ4v) is 2.86. The zero-order chi connectivity index (χ0) is 13.3. The van der Waals surface area contributed by atoms with Gasteiger partial charge in [-0.1, -0.05) is 11.6 Å². The smallest absolute Gasteiger partial charge is 0.265 e. The van der Waals surface area contributed by atoms with Gasteiger partial charge in [-0.15, -0.1) is 0 Å². The molecule has 96 valence electrons. The summed E-state index contributed by atoms with van der Waals surface area (Å²) in [5.41, 5.74) is 6.45. The molecule has 6 nitrogen and oxygen atoms in total. The third-order valence-corrected chi connectivity index (χ3v) is 3.97. The van der Waals surface area contributed by atoms with Gasteiger partial charge >= 0.3 is 0 Å². The normalized spacial score (nSPS) is 11.4. The largest absolute Gasteiger partial charge is 0.398 e. The summed E-state index contributed by atoms with van der Waals surface area (Å²) in [5.74, 6) is 0.300. The summed E-state index contributed by atoms with van der Waals surface area (Å²) in [7, 11) is -3.79. The topological polar surface area (TPSA) is 101 Å². The van der Waals surface area contributed by atoms with Gasteiger partial charge in [-0.05, 0) is 25.1 Å². The van der Waals surface area contributed by atoms with Crippen LogP contribution >= 0.6 is 11.6 Å². The summed E-state index contributed by atoms with van der Waals surface area (Å²) in [6.07, 6.45) is 1.51. The maximum atomic E-state index is 12.1. The van der Waals surface area contributed by atoms with E-state index in [9.17, 15) is 8.42 Å². The number of nitrogens with one attached hydrogen (secondary N) is 2. The van der Waals surface area contributed by atoms with Crippen LogP contribution in [-0.4, -0.2) is 18.6 Å². The fourth-order valence-electron chi connectivity index (χ4n) is 1.38. The number of nitrogens with two attached hydrogens (primary N) is 1. The second-order valence-electron chi connectivity index (χ2n) is 3.72. The second-order valence-corrected chi connectivity index (χ2v) is 5.80. The van der Waals surface area contributed by atoms with Crippen LogP contribution in [0.3, 0.4) is 0 Å². The standard InChI is InChI=1S/C10H11ClN4O2S/c1-6-5-13-14-10(6)15-18(16,17)9-4-7(11)2-3-8(9)12/h2-5H,12H2,1H3,(H2,13,14,15). The number of nitrogen functional groups attached to an aromatic ring is 1. The van der Waals surface area contributed by atoms with Gasteiger partial charge in [0.1, 0.15) is 10.7 Å². The summed E-state index contributed by atoms with van der Waals surface area (Å²) in [6.45, 7) is 1.72. The molecule has 2 aromatic rings. The van der Waals surface area contributed by atoms with Crippen molar-refractivity contribution in [1.29, 1.82) is 0 Å². The van der Waals surface area contributed by atoms with E-state index in [4.69, 9.17) is 17.3 Å². The van der Waals surface area contributed by atoms with Crippen molar-refractivity contribution in [3.8, 4) is 0 Å². The number of nitrogens with zero attached hydrogens (tertiary/aromatic N) is 1. The average Bonchev–Trinajstić information content (AvgIpc) is 2.67. The van der Waals surface area contributed by atoms with Crippen LogP contribution in [0, 0.1) is 6.92 Å². The maximum absolute atomic E-state index is 12.1. The Balaban J connectivity index is 2.43. The van der Waals surface area contributed by atoms with Crippen molar-refractivity contribution in [2.45, 2.75) is 11.8 Å². The number of hydrogen-bond donors (Lipinski definition) is 3. The molecule has 18 heavy (non-hydrogen) atoms. The first kappa shape index (κ1) is 12.7. The molecule has 0 aliphatic heterocycles. The van der Waals surface area contributed by atoms with E-state index >= 15 is 0 Å². The van der Waals surface area contributed by atoms with Gasteiger partial charge in [-0.25, -0.2) is 8.42 Å². The van der Waals surface area contributed by atoms with Gasteiger partial charge in [0.15, 0.2) is 0 Å². The maximum Gasteiger partial charge on any atom is 0.265 e. The third kappa shape index (κ3) is 2.41. The number of rotatable bonds is 3. The molecule has 0 saturated heterocycles. The monoisotopic (exact) mass is 286 g/mol. The number of benzene rings is 1. The van der Waals surface area contributed by atoms with Gasteiger partial charge < -0.3 is 5.73 Å². The molecule has 0 unspecified atom stereocenters. The molecule has 4 N–H and O–H groups in total. The van der Waals surface area contributed by atoms with Crippen molar-refractivity contribution in [1.82, 2.24) is 10.2 Å². The van der Waals surface area contributed by atoms with E-state index < -0.39 is 10.0 Å². The van der Waals surface area contributed by atoms with Crippen LogP contribution in [0.5, 0.6) is 0 Å². The van der Waals surface area contributed by atoms with Crippen molar-refractivity contribution in [3.05, 3.63) is 35.0 Å². The molecule has 1 aromatic heterocycles. The van der Waals surface area contributed by atoms with Gasteiger partial charge in [0.25, 0.3) is 10.0 Å². The van der Waals surface area contributed by atoms with E-state index in [0.717, 1.165) is 0 Å². The van der Waals surface area contributed by atoms with Crippen LogP contribution < -0.4 is 10.5 Å². The number of sulfonamides is 1. The minimum absolute atomic E-state index is 0.0657. The van der Waals surface area contributed by atoms with Crippen LogP contribution in [0.1, 0.15) is 5.56 Å². The van der Waals surface area contributed by atoms with E-state index in [1.165, 1.54) is 24.4 Å². The summed E-state index contributed by atoms with van der Waals surface area (Å²) in [5, 5.41) is 6.58. The molecule has 1 heterocycles. The minimum Gasteiger partial charge on any atom is -0.398 e. The number of halogens is 1. The molecule has 1 aromatic carbocycles. The molecular formula is C10H11ClN4O2S. The Hall–Kier alpha value is -1.73. The molecular weight excluding hydrogens is 276 g/mol. The fraction of sp³-hybridized carbons (Fsp3) is 0.100. The van der Waals surface area contributed by atoms with Crippen LogP contribution in [0.2, 0.25) is 5.02 Å². The zero-order valence-corrected chi connectivity index (χ0v) is 11.0. The highest BCUT2D eigenvalue weighted by atomic mass is 35.5. The molecule has 0 amide bonds. The lowest BCUT2D eigenvalue weighted by Crippen LogP contribution is -2.15. The molecule has 0 spiro atoms. The van der Waals surface area contributed by atoms with Crippen LogP contribution in [0.15, 0.2) is 29.3 Å². The Kier molecular flexibility index (Phi) is 3.18. The molecule has 0 atom stereocenters. The van der Waals surface area contributed by atoms with E-state index in [-0.39, 0.29) is 10.6 Å². The van der Waals surface area contributed by atoms with Crippen molar-refractivity contribution in [3.63, 3.8) is 0 Å². The quantitative estimate of drug-likeness (QED) is 0.748. The van der Waals surface area contributed by atoms with E-state index in [1.54, 1.807) is 6.92 Å². The predicted octanol–water partition coefficient (Wildman–Crippen LogP) is 1.75. The summed E-state index contributed by atoms with van der Waals surface area (Å²) >= 11 is 5.77. The van der Waals surface area contributed by atoms with E-state index in [1.807, 2.05) is 0 Å². The molecule has 0 aliphatic rings. The van der Waals surface area contributed by atoms with Crippen molar-refractivity contribution in [2.24, 2.45) is 0 Å². The molecule has 0 radical (unpaired) electrons. The first-order valence-electron chi connectivity index (χ1n) is 4.98. The number of anilines is 2. The second kappa shape index (κ2) is 4.51. The van der Waals surface area contributed by atoms with E-state index in [2.05, 4.69) is 14.9 Å². The number of H-pyrrole nitrogens is 1. The molecule has 0 bridgehead atoms. The molecule has 0 saturated carbocycles. The van der Waals surface area contributed by atoms with Crippen molar-refractivity contribution < 1.29 is 8.42 Å². The molecule has 8 heteroatoms. The van der Waals surface area contributed by atoms with Gasteiger partial charge in [-0.3, -0.25) is 9.82 Å². The highest BCUT2D eigenvalue weighted by molar-refractivity contribution is 7.92. The summed E-state index contributed by atoms with van der Waals surface area (Å²) < 4.78 is 26.6. The van der Waals surface area contributed by atoms with E-state index in [0.29, 0.717) is 16.4 Å². The summed E-state index contributed by atoms with van der Waals surface area (Å²) in [6, 6.07) is 4.26. The zero-order valence-electron chi connectivity index (χ0n) is 9.44. The van der Waals surface area contributed by atoms with Gasteiger partial charge in [-0.2, -0.15) is 5.10 Å². The van der Waals surface area contributed by atoms with Gasteiger partial charge in [0.05, 0.1) is 11.9 Å². The first-order chi connectivity index (χ1) is 8.40. The Morgan fingerprint density at radius 1 is 1.44 bits per heavy atom. The Bertz CT molecular complexity index is 681. The molecule has 0 aliphatic carbocycles. The lowest BCUT2D eigenvalue weighted by Gasteiger charge is -2.09. The highest BCUT2D eigenvalue weighted by Gasteiger charge is 2.19. The Morgan fingerprint density at radius 3 is 2.78 bits per heavy atom.